The van der Waals surface area contributed by atoms with Gasteiger partial charge in [0.15, 0.2) is 23.3 Å². The Labute approximate surface area is 113 Å². The molecule has 19 heavy (non-hydrogen) atoms. The van der Waals surface area contributed by atoms with Gasteiger partial charge >= 0.3 is 0 Å². The van der Waals surface area contributed by atoms with Crippen LogP contribution in [-0.2, 0) is 6.42 Å². The number of nitrogens with zero attached hydrogens (tertiary/aromatic N) is 1. The molecule has 0 saturated heterocycles. The van der Waals surface area contributed by atoms with Crippen LogP contribution in [0.4, 0.5) is 17.6 Å². The Balaban J connectivity index is 3.70. The highest BCUT2D eigenvalue weighted by atomic mass is 32.3. The van der Waals surface area contributed by atoms with Crippen molar-refractivity contribution < 1.29 is 17.6 Å². The highest BCUT2D eigenvalue weighted by Gasteiger charge is 2.32. The highest BCUT2D eigenvalue weighted by molar-refractivity contribution is 8.30. The van der Waals surface area contributed by atoms with Gasteiger partial charge in [-0.2, -0.15) is 10.2 Å². The minimum absolute atomic E-state index is 0.0317. The van der Waals surface area contributed by atoms with E-state index in [2.05, 4.69) is 0 Å². The van der Waals surface area contributed by atoms with Crippen LogP contribution in [0.2, 0.25) is 0 Å². The lowest BCUT2D eigenvalue weighted by molar-refractivity contribution is 0.390. The van der Waals surface area contributed by atoms with Gasteiger partial charge in [0.05, 0.1) is 0 Å². The molecule has 1 nitrogen and oxygen atoms in total. The first-order valence-corrected chi connectivity index (χ1v) is 8.32. The molecule has 0 saturated carbocycles. The molecule has 0 spiro atoms. The molecule has 0 aliphatic carbocycles. The third-order valence-corrected chi connectivity index (χ3v) is 6.48. The Morgan fingerprint density at radius 1 is 0.895 bits per heavy atom. The van der Waals surface area contributed by atoms with E-state index in [1.54, 1.807) is 37.8 Å². The van der Waals surface area contributed by atoms with Crippen LogP contribution < -0.4 is 0 Å². The molecule has 1 aromatic rings. The van der Waals surface area contributed by atoms with Crippen molar-refractivity contribution in [2.24, 2.45) is 0 Å². The van der Waals surface area contributed by atoms with Gasteiger partial charge in [-0.3, -0.25) is 4.31 Å². The Morgan fingerprint density at radius 2 is 1.37 bits per heavy atom. The van der Waals surface area contributed by atoms with Crippen LogP contribution in [0.5, 0.6) is 0 Å². The molecule has 0 unspecified atom stereocenters. The number of rotatable bonds is 4. The van der Waals surface area contributed by atoms with Gasteiger partial charge in [0.25, 0.3) is 0 Å². The van der Waals surface area contributed by atoms with E-state index in [0.29, 0.717) is 6.42 Å². The maximum atomic E-state index is 14.1. The van der Waals surface area contributed by atoms with Crippen LogP contribution in [0.1, 0.15) is 18.9 Å². The van der Waals surface area contributed by atoms with Crippen molar-refractivity contribution in [3.63, 3.8) is 0 Å². The van der Waals surface area contributed by atoms with E-state index in [9.17, 15) is 17.6 Å². The van der Waals surface area contributed by atoms with Gasteiger partial charge in [-0.1, -0.05) is 13.3 Å². The molecule has 0 heterocycles. The Hall–Kier alpha value is -0.750. The zero-order valence-corrected chi connectivity index (χ0v) is 12.6. The molecular weight excluding hydrogens is 278 g/mol. The van der Waals surface area contributed by atoms with E-state index in [4.69, 9.17) is 0 Å². The fourth-order valence-electron chi connectivity index (χ4n) is 1.83. The summed E-state index contributed by atoms with van der Waals surface area (Å²) in [5, 5.41) is 0. The van der Waals surface area contributed by atoms with Crippen molar-refractivity contribution in [2.45, 2.75) is 24.7 Å². The smallest absolute Gasteiger partial charge is 0.198 e. The van der Waals surface area contributed by atoms with Gasteiger partial charge in [-0.15, -0.1) is 0 Å². The van der Waals surface area contributed by atoms with E-state index in [1.165, 1.54) is 0 Å². The summed E-state index contributed by atoms with van der Waals surface area (Å²) in [4.78, 5) is -0.0317. The summed E-state index contributed by atoms with van der Waals surface area (Å²) in [5.41, 5.74) is -0.0485. The SMILES string of the molecule is CCCc1c(F)c(F)c(F)c(F)c1S(C)(C)N(C)C. The highest BCUT2D eigenvalue weighted by Crippen LogP contribution is 2.54. The molecular formula is C13H19F4NS. The van der Waals surface area contributed by atoms with Crippen molar-refractivity contribution in [2.75, 3.05) is 26.6 Å². The Bertz CT molecular complexity index is 486. The Morgan fingerprint density at radius 3 is 1.79 bits per heavy atom. The van der Waals surface area contributed by atoms with Gasteiger partial charge in [0, 0.05) is 10.5 Å². The summed E-state index contributed by atoms with van der Waals surface area (Å²) in [7, 11) is 1.51. The van der Waals surface area contributed by atoms with Crippen LogP contribution >= 0.6 is 10.2 Å². The van der Waals surface area contributed by atoms with E-state index in [-0.39, 0.29) is 16.9 Å². The minimum atomic E-state index is -1.91. The van der Waals surface area contributed by atoms with Crippen molar-refractivity contribution >= 4 is 10.2 Å². The van der Waals surface area contributed by atoms with Crippen molar-refractivity contribution in [3.05, 3.63) is 28.8 Å². The standard InChI is InChI=1S/C13H19F4NS/c1-6-7-8-9(14)10(15)11(16)12(17)13(8)19(4,5)18(2)3/h6-7H2,1-5H3. The maximum Gasteiger partial charge on any atom is 0.198 e. The fraction of sp³-hybridized carbons (Fsp3) is 0.538. The quantitative estimate of drug-likeness (QED) is 0.459. The second-order valence-corrected chi connectivity index (χ2v) is 8.58. The molecule has 110 valence electrons. The predicted molar refractivity (Wildman–Crippen MR) is 71.7 cm³/mol. The van der Waals surface area contributed by atoms with E-state index in [1.807, 2.05) is 0 Å². The first-order valence-electron chi connectivity index (χ1n) is 5.91. The van der Waals surface area contributed by atoms with E-state index in [0.717, 1.165) is 0 Å². The summed E-state index contributed by atoms with van der Waals surface area (Å²) in [6.07, 6.45) is 4.15. The fourth-order valence-corrected chi connectivity index (χ4v) is 3.52. The zero-order chi connectivity index (χ0) is 15.0. The molecule has 0 radical (unpaired) electrons. The minimum Gasteiger partial charge on any atom is -0.270 e. The molecule has 1 rings (SSSR count). The van der Waals surface area contributed by atoms with E-state index < -0.39 is 33.5 Å². The van der Waals surface area contributed by atoms with E-state index >= 15 is 0 Å². The monoisotopic (exact) mass is 297 g/mol. The summed E-state index contributed by atoms with van der Waals surface area (Å²) >= 11 is 0. The number of hydrogen-bond donors (Lipinski definition) is 0. The first-order chi connectivity index (χ1) is 8.66. The molecule has 0 N–H and O–H groups in total. The number of halogens is 4. The van der Waals surface area contributed by atoms with Gasteiger partial charge in [-0.25, -0.2) is 17.6 Å². The van der Waals surface area contributed by atoms with Crippen LogP contribution in [0.25, 0.3) is 0 Å². The zero-order valence-electron chi connectivity index (χ0n) is 11.8. The third kappa shape index (κ3) is 2.74. The summed E-state index contributed by atoms with van der Waals surface area (Å²) in [6.45, 7) is 1.78. The second kappa shape index (κ2) is 5.71. The summed E-state index contributed by atoms with van der Waals surface area (Å²) in [6, 6.07) is 0. The number of hydrogen-bond acceptors (Lipinski definition) is 1. The van der Waals surface area contributed by atoms with Gasteiger partial charge in [0.1, 0.15) is 0 Å². The van der Waals surface area contributed by atoms with Crippen LogP contribution in [-0.4, -0.2) is 30.9 Å². The topological polar surface area (TPSA) is 3.24 Å². The van der Waals surface area contributed by atoms with Gasteiger partial charge in [-0.05, 0) is 33.0 Å². The Kier molecular flexibility index (Phi) is 4.90. The van der Waals surface area contributed by atoms with Crippen LogP contribution in [0, 0.1) is 23.3 Å². The van der Waals surface area contributed by atoms with Crippen LogP contribution in [0.15, 0.2) is 4.90 Å². The summed E-state index contributed by atoms with van der Waals surface area (Å²) in [5.74, 6) is -5.98. The predicted octanol–water partition coefficient (Wildman–Crippen LogP) is 4.10. The molecule has 0 aliphatic rings. The molecule has 0 aliphatic heterocycles. The van der Waals surface area contributed by atoms with Crippen LogP contribution in [0.3, 0.4) is 0 Å². The molecule has 0 atom stereocenters. The molecule has 0 aromatic heterocycles. The maximum absolute atomic E-state index is 14.1. The third-order valence-electron chi connectivity index (χ3n) is 3.23. The largest absolute Gasteiger partial charge is 0.270 e. The average Bonchev–Trinajstić information content (AvgIpc) is 2.33. The first kappa shape index (κ1) is 16.3. The van der Waals surface area contributed by atoms with Gasteiger partial charge < -0.3 is 0 Å². The average molecular weight is 297 g/mol. The molecule has 6 heteroatoms. The molecule has 1 aromatic carbocycles. The number of benzene rings is 1. The second-order valence-electron chi connectivity index (χ2n) is 4.90. The summed E-state index contributed by atoms with van der Waals surface area (Å²) < 4.78 is 56.5. The van der Waals surface area contributed by atoms with Crippen molar-refractivity contribution in [3.8, 4) is 0 Å². The molecule has 0 bridgehead atoms. The van der Waals surface area contributed by atoms with Gasteiger partial charge in [0.2, 0.25) is 0 Å². The molecule has 0 amide bonds. The lowest BCUT2D eigenvalue weighted by Gasteiger charge is -2.40. The lowest BCUT2D eigenvalue weighted by Crippen LogP contribution is -2.22. The lowest BCUT2D eigenvalue weighted by atomic mass is 10.1. The van der Waals surface area contributed by atoms with Crippen molar-refractivity contribution in [1.82, 2.24) is 4.31 Å². The molecule has 0 fully saturated rings. The van der Waals surface area contributed by atoms with Crippen molar-refractivity contribution in [1.29, 1.82) is 0 Å². The normalized spacial score (nSPS) is 13.2.